The Balaban J connectivity index is 3.14. The molecule has 1 aliphatic heterocycles. The fourth-order valence-electron chi connectivity index (χ4n) is 2.23. The Morgan fingerprint density at radius 3 is 2.14 bits per heavy atom. The van der Waals surface area contributed by atoms with Crippen LogP contribution in [0.4, 0.5) is 4.79 Å². The number of ether oxygens (including phenoxy) is 1. The Bertz CT molecular complexity index is 548. The molecule has 0 bridgehead atoms. The van der Waals surface area contributed by atoms with E-state index in [9.17, 15) is 18.0 Å². The number of likely N-dealkylation sites (tertiary alicyclic amines) is 1. The van der Waals surface area contributed by atoms with Crippen molar-refractivity contribution in [3.8, 4) is 0 Å². The first-order valence-electron chi connectivity index (χ1n) is 7.33. The number of hydrogen-bond donors (Lipinski definition) is 1. The molecule has 1 rings (SSSR count). The maximum absolute atomic E-state index is 12.8. The van der Waals surface area contributed by atoms with E-state index in [4.69, 9.17) is 10.5 Å². The smallest absolute Gasteiger partial charge is 0.411 e. The summed E-state index contributed by atoms with van der Waals surface area (Å²) in [6.45, 7) is 7.97. The average molecular weight is 334 g/mol. The first-order valence-corrected chi connectivity index (χ1v) is 8.88. The first-order chi connectivity index (χ1) is 9.80. The van der Waals surface area contributed by atoms with Crippen LogP contribution in [0.2, 0.25) is 0 Å². The van der Waals surface area contributed by atoms with Gasteiger partial charge < -0.3 is 10.5 Å². The number of sulfone groups is 1. The number of primary amides is 1. The predicted molar refractivity (Wildman–Crippen MR) is 82.8 cm³/mol. The Morgan fingerprint density at radius 2 is 1.68 bits per heavy atom. The fraction of sp³-hybridized carbons (Fsp3) is 0.857. The van der Waals surface area contributed by atoms with Crippen LogP contribution < -0.4 is 5.73 Å². The summed E-state index contributed by atoms with van der Waals surface area (Å²) in [7, 11) is -3.96. The summed E-state index contributed by atoms with van der Waals surface area (Å²) in [5.74, 6) is -0.929. The van der Waals surface area contributed by atoms with Gasteiger partial charge in [-0.15, -0.1) is 0 Å². The lowest BCUT2D eigenvalue weighted by molar-refractivity contribution is -0.119. The molecule has 7 nitrogen and oxygen atoms in total. The molecule has 0 spiro atoms. The van der Waals surface area contributed by atoms with Crippen LogP contribution in [0.5, 0.6) is 0 Å². The van der Waals surface area contributed by atoms with Gasteiger partial charge in [-0.05, 0) is 53.9 Å². The van der Waals surface area contributed by atoms with Gasteiger partial charge in [0.05, 0.1) is 0 Å². The lowest BCUT2D eigenvalue weighted by atomic mass is 10.1. The third kappa shape index (κ3) is 3.71. The molecule has 0 aromatic rings. The molecular weight excluding hydrogens is 308 g/mol. The topological polar surface area (TPSA) is 107 Å². The van der Waals surface area contributed by atoms with Crippen molar-refractivity contribution in [1.29, 1.82) is 0 Å². The van der Waals surface area contributed by atoms with Gasteiger partial charge in [0.1, 0.15) is 15.7 Å². The lowest BCUT2D eigenvalue weighted by Gasteiger charge is -2.39. The molecule has 0 aliphatic carbocycles. The van der Waals surface area contributed by atoms with Crippen molar-refractivity contribution in [2.45, 2.75) is 69.6 Å². The largest absolute Gasteiger partial charge is 0.444 e. The second kappa shape index (κ2) is 6.06. The molecule has 128 valence electrons. The first kappa shape index (κ1) is 18.7. The molecule has 1 fully saturated rings. The van der Waals surface area contributed by atoms with Crippen LogP contribution >= 0.6 is 0 Å². The quantitative estimate of drug-likeness (QED) is 0.840. The summed E-state index contributed by atoms with van der Waals surface area (Å²) in [5, 5.41) is -1.08. The van der Waals surface area contributed by atoms with E-state index in [1.54, 1.807) is 20.8 Å². The van der Waals surface area contributed by atoms with Crippen LogP contribution in [0.3, 0.4) is 0 Å². The molecule has 0 saturated carbocycles. The summed E-state index contributed by atoms with van der Waals surface area (Å²) >= 11 is 0. The second-order valence-corrected chi connectivity index (χ2v) is 9.70. The van der Waals surface area contributed by atoms with Crippen LogP contribution in [-0.4, -0.2) is 47.6 Å². The fourth-order valence-corrected chi connectivity index (χ4v) is 4.20. The zero-order valence-electron chi connectivity index (χ0n) is 13.9. The number of rotatable bonds is 3. The predicted octanol–water partition coefficient (Wildman–Crippen LogP) is 1.41. The summed E-state index contributed by atoms with van der Waals surface area (Å²) < 4.78 is 29.1. The van der Waals surface area contributed by atoms with Gasteiger partial charge >= 0.3 is 6.09 Å². The minimum atomic E-state index is -3.96. The molecule has 2 N–H and O–H groups in total. The summed E-state index contributed by atoms with van der Waals surface area (Å²) in [4.78, 5) is 25.0. The molecule has 1 aliphatic rings. The third-order valence-corrected chi connectivity index (χ3v) is 6.57. The highest BCUT2D eigenvalue weighted by Crippen LogP contribution is 2.31. The molecular formula is C14H26N2O5S. The van der Waals surface area contributed by atoms with E-state index in [1.165, 1.54) is 18.7 Å². The van der Waals surface area contributed by atoms with Gasteiger partial charge in [-0.2, -0.15) is 0 Å². The van der Waals surface area contributed by atoms with Crippen molar-refractivity contribution < 1.29 is 22.7 Å². The maximum atomic E-state index is 12.8. The zero-order valence-corrected chi connectivity index (χ0v) is 14.7. The van der Waals surface area contributed by atoms with Crippen molar-refractivity contribution in [2.75, 3.05) is 6.54 Å². The second-order valence-electron chi connectivity index (χ2n) is 7.04. The molecule has 1 saturated heterocycles. The van der Waals surface area contributed by atoms with Crippen LogP contribution in [0.15, 0.2) is 0 Å². The number of hydrogen-bond acceptors (Lipinski definition) is 5. The molecule has 0 radical (unpaired) electrons. The van der Waals surface area contributed by atoms with Crippen molar-refractivity contribution in [3.05, 3.63) is 0 Å². The van der Waals surface area contributed by atoms with Gasteiger partial charge in [0, 0.05) is 6.54 Å². The van der Waals surface area contributed by atoms with Crippen LogP contribution in [-0.2, 0) is 19.4 Å². The minimum absolute atomic E-state index is 0.276. The van der Waals surface area contributed by atoms with Crippen molar-refractivity contribution in [1.82, 2.24) is 4.90 Å². The number of carbonyl (C=O) groups excluding carboxylic acids is 2. The number of amides is 2. The summed E-state index contributed by atoms with van der Waals surface area (Å²) in [6, 6.07) is 0. The monoisotopic (exact) mass is 334 g/mol. The number of nitrogens with two attached hydrogens (primary N) is 1. The third-order valence-electron chi connectivity index (χ3n) is 3.74. The lowest BCUT2D eigenvalue weighted by Crippen LogP contribution is -2.57. The highest BCUT2D eigenvalue weighted by Gasteiger charge is 2.49. The van der Waals surface area contributed by atoms with Gasteiger partial charge in [0.25, 0.3) is 0 Å². The Hall–Kier alpha value is -1.31. The van der Waals surface area contributed by atoms with E-state index in [0.29, 0.717) is 12.8 Å². The highest BCUT2D eigenvalue weighted by atomic mass is 32.2. The molecule has 1 heterocycles. The number of carbonyl (C=O) groups is 2. The van der Waals surface area contributed by atoms with E-state index in [2.05, 4.69) is 0 Å². The number of piperidine rings is 1. The van der Waals surface area contributed by atoms with E-state index < -0.39 is 37.6 Å². The van der Waals surface area contributed by atoms with E-state index in [1.807, 2.05) is 0 Å². The average Bonchev–Trinajstić information content (AvgIpc) is 2.36. The highest BCUT2D eigenvalue weighted by molar-refractivity contribution is 7.94. The molecule has 22 heavy (non-hydrogen) atoms. The van der Waals surface area contributed by atoms with Gasteiger partial charge in [-0.25, -0.2) is 13.2 Å². The molecule has 0 aromatic heterocycles. The zero-order chi connectivity index (χ0) is 17.3. The van der Waals surface area contributed by atoms with Gasteiger partial charge in [0.2, 0.25) is 5.91 Å². The Kier molecular flexibility index (Phi) is 5.16. The summed E-state index contributed by atoms with van der Waals surface area (Å²) in [6.07, 6.45) is 0.958. The van der Waals surface area contributed by atoms with Crippen molar-refractivity contribution in [2.24, 2.45) is 5.73 Å². The molecule has 1 atom stereocenters. The number of nitrogens with zero attached hydrogens (tertiary/aromatic N) is 1. The minimum Gasteiger partial charge on any atom is -0.444 e. The molecule has 8 heteroatoms. The standard InChI is InChI=1S/C14H26N2O5S/c1-13(2,3)21-12(18)16-9-7-6-8-10(16)22(19,20)14(4,5)11(15)17/h10H,6-9H2,1-5H3,(H2,15,17). The Labute approximate surface area is 132 Å². The Morgan fingerprint density at radius 1 is 1.14 bits per heavy atom. The van der Waals surface area contributed by atoms with Crippen molar-refractivity contribution in [3.63, 3.8) is 0 Å². The molecule has 2 amide bonds. The van der Waals surface area contributed by atoms with Crippen molar-refractivity contribution >= 4 is 21.8 Å². The van der Waals surface area contributed by atoms with E-state index in [-0.39, 0.29) is 13.0 Å². The van der Waals surface area contributed by atoms with Crippen LogP contribution in [0.25, 0.3) is 0 Å². The normalized spacial score (nSPS) is 20.6. The maximum Gasteiger partial charge on any atom is 0.411 e. The van der Waals surface area contributed by atoms with Gasteiger partial charge in [-0.1, -0.05) is 0 Å². The van der Waals surface area contributed by atoms with E-state index >= 15 is 0 Å². The van der Waals surface area contributed by atoms with E-state index in [0.717, 1.165) is 0 Å². The SMILES string of the molecule is CC(C)(C)OC(=O)N1CCCCC1S(=O)(=O)C(C)(C)C(N)=O. The molecule has 1 unspecified atom stereocenters. The van der Waals surface area contributed by atoms with Crippen LogP contribution in [0, 0.1) is 0 Å². The summed E-state index contributed by atoms with van der Waals surface area (Å²) in [5.41, 5.74) is 4.51. The van der Waals surface area contributed by atoms with Gasteiger partial charge in [-0.3, -0.25) is 9.69 Å². The molecule has 0 aromatic carbocycles. The van der Waals surface area contributed by atoms with Gasteiger partial charge in [0.15, 0.2) is 9.84 Å². The van der Waals surface area contributed by atoms with Crippen LogP contribution in [0.1, 0.15) is 53.9 Å².